The molecule has 0 bridgehead atoms. The summed E-state index contributed by atoms with van der Waals surface area (Å²) in [6, 6.07) is 0. The average Bonchev–Trinajstić information content (AvgIpc) is 2.53. The van der Waals surface area contributed by atoms with Crippen LogP contribution in [-0.2, 0) is 19.4 Å². The van der Waals surface area contributed by atoms with E-state index in [0.717, 1.165) is 6.26 Å². The summed E-state index contributed by atoms with van der Waals surface area (Å²) in [7, 11) is -3.45. The Kier molecular flexibility index (Phi) is 3.76. The molecule has 0 aromatic carbocycles. The second-order valence-electron chi connectivity index (χ2n) is 5.31. The van der Waals surface area contributed by atoms with Crippen molar-refractivity contribution in [1.29, 1.82) is 0 Å². The summed E-state index contributed by atoms with van der Waals surface area (Å²) in [5.74, 6) is -1.68. The van der Waals surface area contributed by atoms with Gasteiger partial charge in [-0.25, -0.2) is 8.42 Å². The van der Waals surface area contributed by atoms with Crippen LogP contribution in [0, 0.1) is 11.3 Å². The van der Waals surface area contributed by atoms with Crippen molar-refractivity contribution >= 4 is 21.7 Å². The van der Waals surface area contributed by atoms with E-state index in [1.165, 1.54) is 11.8 Å². The van der Waals surface area contributed by atoms with Crippen LogP contribution in [0.25, 0.3) is 0 Å². The Labute approximate surface area is 107 Å². The zero-order valence-electron chi connectivity index (χ0n) is 11.0. The first-order chi connectivity index (χ1) is 8.00. The molecule has 0 radical (unpaired) electrons. The minimum atomic E-state index is -3.45. The van der Waals surface area contributed by atoms with Gasteiger partial charge in [0.1, 0.15) is 5.25 Å². The number of nitrogens with zero attached hydrogens (tertiary/aromatic N) is 1. The lowest BCUT2D eigenvalue weighted by molar-refractivity contribution is -0.149. The second kappa shape index (κ2) is 4.53. The largest absolute Gasteiger partial charge is 0.481 e. The van der Waals surface area contributed by atoms with Gasteiger partial charge in [-0.05, 0) is 19.8 Å². The van der Waals surface area contributed by atoms with Gasteiger partial charge < -0.3 is 10.0 Å². The molecule has 1 rings (SSSR count). The summed E-state index contributed by atoms with van der Waals surface area (Å²) in [6.45, 7) is 5.01. The van der Waals surface area contributed by atoms with Crippen LogP contribution in [0.15, 0.2) is 0 Å². The van der Waals surface area contributed by atoms with E-state index in [4.69, 9.17) is 0 Å². The van der Waals surface area contributed by atoms with Gasteiger partial charge in [0, 0.05) is 19.3 Å². The molecule has 1 fully saturated rings. The van der Waals surface area contributed by atoms with E-state index in [-0.39, 0.29) is 19.0 Å². The molecule has 1 heterocycles. The van der Waals surface area contributed by atoms with Crippen molar-refractivity contribution in [3.05, 3.63) is 0 Å². The molecule has 0 aromatic heterocycles. The number of carboxylic acid groups (broad SMARTS) is 1. The van der Waals surface area contributed by atoms with Gasteiger partial charge in [-0.1, -0.05) is 6.92 Å². The van der Waals surface area contributed by atoms with Crippen molar-refractivity contribution < 1.29 is 23.1 Å². The van der Waals surface area contributed by atoms with E-state index in [1.54, 1.807) is 13.8 Å². The van der Waals surface area contributed by atoms with E-state index in [0.29, 0.717) is 0 Å². The lowest BCUT2D eigenvalue weighted by atomic mass is 9.81. The predicted molar refractivity (Wildman–Crippen MR) is 65.8 cm³/mol. The third-order valence-corrected chi connectivity index (χ3v) is 5.38. The molecule has 0 saturated carbocycles. The van der Waals surface area contributed by atoms with Gasteiger partial charge in [0.15, 0.2) is 9.84 Å². The van der Waals surface area contributed by atoms with Crippen LogP contribution in [0.5, 0.6) is 0 Å². The highest BCUT2D eigenvalue weighted by atomic mass is 32.2. The maximum atomic E-state index is 12.0. The van der Waals surface area contributed by atoms with Gasteiger partial charge in [-0.2, -0.15) is 0 Å². The molecular weight excluding hydrogens is 258 g/mol. The van der Waals surface area contributed by atoms with E-state index in [2.05, 4.69) is 0 Å². The third-order valence-electron chi connectivity index (χ3n) is 3.89. The number of aliphatic carboxylic acids is 1. The monoisotopic (exact) mass is 277 g/mol. The number of hydrogen-bond donors (Lipinski definition) is 1. The average molecular weight is 277 g/mol. The van der Waals surface area contributed by atoms with Crippen LogP contribution < -0.4 is 0 Å². The molecule has 3 atom stereocenters. The predicted octanol–water partition coefficient (Wildman–Crippen LogP) is -0.0113. The van der Waals surface area contributed by atoms with Crippen molar-refractivity contribution in [3.63, 3.8) is 0 Å². The quantitative estimate of drug-likeness (QED) is 0.783. The molecule has 1 aliphatic heterocycles. The van der Waals surface area contributed by atoms with E-state index in [9.17, 15) is 23.1 Å². The number of likely N-dealkylation sites (tertiary alicyclic amines) is 1. The van der Waals surface area contributed by atoms with Crippen LogP contribution in [0.1, 0.15) is 20.8 Å². The second-order valence-corrected chi connectivity index (χ2v) is 7.68. The first kappa shape index (κ1) is 14.9. The van der Waals surface area contributed by atoms with E-state index < -0.39 is 32.4 Å². The molecule has 7 heteroatoms. The summed E-state index contributed by atoms with van der Waals surface area (Å²) in [4.78, 5) is 24.6. The molecule has 0 spiro atoms. The molecule has 1 amide bonds. The van der Waals surface area contributed by atoms with Gasteiger partial charge in [0.2, 0.25) is 5.91 Å². The van der Waals surface area contributed by atoms with Crippen molar-refractivity contribution in [2.24, 2.45) is 11.3 Å². The minimum absolute atomic E-state index is 0.0577. The number of amides is 1. The molecule has 1 aliphatic rings. The lowest BCUT2D eigenvalue weighted by Crippen LogP contribution is -2.42. The summed E-state index contributed by atoms with van der Waals surface area (Å²) >= 11 is 0. The Balaban J connectivity index is 2.91. The minimum Gasteiger partial charge on any atom is -0.481 e. The van der Waals surface area contributed by atoms with Crippen molar-refractivity contribution in [1.82, 2.24) is 4.90 Å². The third kappa shape index (κ3) is 2.50. The molecule has 18 heavy (non-hydrogen) atoms. The topological polar surface area (TPSA) is 91.8 Å². The molecule has 1 unspecified atom stereocenters. The maximum Gasteiger partial charge on any atom is 0.311 e. The Morgan fingerprint density at radius 2 is 1.94 bits per heavy atom. The van der Waals surface area contributed by atoms with Crippen molar-refractivity contribution in [2.75, 3.05) is 19.3 Å². The fourth-order valence-corrected chi connectivity index (χ4v) is 2.55. The summed E-state index contributed by atoms with van der Waals surface area (Å²) < 4.78 is 22.7. The Morgan fingerprint density at radius 1 is 1.44 bits per heavy atom. The first-order valence-electron chi connectivity index (χ1n) is 5.71. The Morgan fingerprint density at radius 3 is 2.28 bits per heavy atom. The van der Waals surface area contributed by atoms with Crippen LogP contribution in [0.2, 0.25) is 0 Å². The smallest absolute Gasteiger partial charge is 0.311 e. The number of carboxylic acids is 1. The zero-order chi connectivity index (χ0) is 14.3. The highest BCUT2D eigenvalue weighted by Crippen LogP contribution is 2.36. The molecule has 1 N–H and O–H groups in total. The SMILES string of the molecule is CC(C(=O)N1C[C@@H](C)[C@](C)(C(=O)O)C1)S(C)(=O)=O. The van der Waals surface area contributed by atoms with Crippen molar-refractivity contribution in [2.45, 2.75) is 26.0 Å². The number of sulfone groups is 1. The van der Waals surface area contributed by atoms with Gasteiger partial charge in [-0.3, -0.25) is 9.59 Å². The number of hydrogen-bond acceptors (Lipinski definition) is 4. The fraction of sp³-hybridized carbons (Fsp3) is 0.818. The van der Waals surface area contributed by atoms with Crippen molar-refractivity contribution in [3.8, 4) is 0 Å². The number of carbonyl (C=O) groups excluding carboxylic acids is 1. The normalized spacial score (nSPS) is 30.2. The summed E-state index contributed by atoms with van der Waals surface area (Å²) in [5, 5.41) is 8.06. The van der Waals surface area contributed by atoms with E-state index in [1.807, 2.05) is 0 Å². The Bertz CT molecular complexity index is 472. The highest BCUT2D eigenvalue weighted by Gasteiger charge is 2.48. The fourth-order valence-electron chi connectivity index (χ4n) is 2.04. The summed E-state index contributed by atoms with van der Waals surface area (Å²) in [6.07, 6.45) is 1.01. The zero-order valence-corrected chi connectivity index (χ0v) is 11.8. The molecule has 6 nitrogen and oxygen atoms in total. The lowest BCUT2D eigenvalue weighted by Gasteiger charge is -2.23. The Hall–Kier alpha value is -1.11. The van der Waals surface area contributed by atoms with Gasteiger partial charge in [0.05, 0.1) is 5.41 Å². The highest BCUT2D eigenvalue weighted by molar-refractivity contribution is 7.92. The van der Waals surface area contributed by atoms with Crippen LogP contribution in [0.3, 0.4) is 0 Å². The summed E-state index contributed by atoms with van der Waals surface area (Å²) in [5.41, 5.74) is -1.01. The molecule has 1 saturated heterocycles. The molecule has 104 valence electrons. The van der Waals surface area contributed by atoms with E-state index >= 15 is 0 Å². The number of rotatable bonds is 3. The first-order valence-corrected chi connectivity index (χ1v) is 7.66. The van der Waals surface area contributed by atoms with Crippen LogP contribution in [0.4, 0.5) is 0 Å². The number of carbonyl (C=O) groups is 2. The van der Waals surface area contributed by atoms with Gasteiger partial charge in [-0.15, -0.1) is 0 Å². The standard InChI is InChI=1S/C11H19NO5S/c1-7-5-12(6-11(7,3)10(14)15)9(13)8(2)18(4,16)17/h7-8H,5-6H2,1-4H3,(H,14,15)/t7-,8?,11-/m1/s1. The van der Waals surface area contributed by atoms with Crippen LogP contribution in [-0.4, -0.2) is 54.9 Å². The van der Waals surface area contributed by atoms with Crippen LogP contribution >= 0.6 is 0 Å². The molecule has 0 aliphatic carbocycles. The molecular formula is C11H19NO5S. The van der Waals surface area contributed by atoms with Gasteiger partial charge in [0.25, 0.3) is 0 Å². The van der Waals surface area contributed by atoms with Gasteiger partial charge >= 0.3 is 5.97 Å². The maximum absolute atomic E-state index is 12.0. The molecule has 0 aromatic rings.